The topological polar surface area (TPSA) is 67.6 Å². The molecule has 4 nitrogen and oxygen atoms in total. The molecule has 4 heteroatoms. The van der Waals surface area contributed by atoms with Crippen molar-refractivity contribution in [3.05, 3.63) is 53.9 Å². The zero-order chi connectivity index (χ0) is 14.1. The zero-order valence-electron chi connectivity index (χ0n) is 11.2. The smallest absolute Gasteiger partial charge is 0.102 e. The van der Waals surface area contributed by atoms with Gasteiger partial charge in [-0.25, -0.2) is 0 Å². The third kappa shape index (κ3) is 1.77. The van der Waals surface area contributed by atoms with Crippen LogP contribution in [0.5, 0.6) is 0 Å². The SMILES string of the molecule is Cn1c(-c2cncc(CN)c2)c(C#N)c2ccccc21. The molecule has 0 unspecified atom stereocenters. The number of benzene rings is 1. The molecule has 0 aliphatic heterocycles. The van der Waals surface area contributed by atoms with Crippen LogP contribution in [0.4, 0.5) is 0 Å². The summed E-state index contributed by atoms with van der Waals surface area (Å²) in [5, 5.41) is 10.5. The van der Waals surface area contributed by atoms with Gasteiger partial charge in [0, 0.05) is 42.5 Å². The van der Waals surface area contributed by atoms with Gasteiger partial charge in [-0.1, -0.05) is 18.2 Å². The Kier molecular flexibility index (Phi) is 2.97. The summed E-state index contributed by atoms with van der Waals surface area (Å²) in [7, 11) is 1.97. The van der Waals surface area contributed by atoms with E-state index in [9.17, 15) is 5.26 Å². The van der Waals surface area contributed by atoms with Gasteiger partial charge in [-0.3, -0.25) is 4.98 Å². The van der Waals surface area contributed by atoms with Crippen molar-refractivity contribution in [3.8, 4) is 17.3 Å². The largest absolute Gasteiger partial charge is 0.342 e. The molecule has 98 valence electrons. The number of nitrogens with zero attached hydrogens (tertiary/aromatic N) is 3. The Hall–Kier alpha value is -2.64. The number of aryl methyl sites for hydroxylation is 1. The van der Waals surface area contributed by atoms with Crippen LogP contribution in [0.1, 0.15) is 11.1 Å². The van der Waals surface area contributed by atoms with Crippen molar-refractivity contribution in [2.24, 2.45) is 12.8 Å². The summed E-state index contributed by atoms with van der Waals surface area (Å²) in [5.41, 5.74) is 10.1. The standard InChI is InChI=1S/C16H14N4/c1-20-15-5-3-2-4-13(15)14(8-18)16(20)12-6-11(7-17)9-19-10-12/h2-6,9-10H,7,17H2,1H3. The Morgan fingerprint density at radius 3 is 2.85 bits per heavy atom. The second-order valence-corrected chi connectivity index (χ2v) is 4.70. The number of hydrogen-bond donors (Lipinski definition) is 1. The first-order chi connectivity index (χ1) is 9.76. The molecule has 0 radical (unpaired) electrons. The summed E-state index contributed by atoms with van der Waals surface area (Å²) in [6.07, 6.45) is 3.52. The van der Waals surface area contributed by atoms with Crippen LogP contribution in [0.3, 0.4) is 0 Å². The van der Waals surface area contributed by atoms with Crippen LogP contribution in [0.25, 0.3) is 22.2 Å². The van der Waals surface area contributed by atoms with Crippen LogP contribution in [-0.4, -0.2) is 9.55 Å². The van der Waals surface area contributed by atoms with Crippen LogP contribution in [0.2, 0.25) is 0 Å². The van der Waals surface area contributed by atoms with Gasteiger partial charge >= 0.3 is 0 Å². The third-order valence-corrected chi connectivity index (χ3v) is 3.52. The fourth-order valence-electron chi connectivity index (χ4n) is 2.57. The Morgan fingerprint density at radius 1 is 1.30 bits per heavy atom. The minimum absolute atomic E-state index is 0.437. The molecule has 0 aliphatic carbocycles. The first kappa shape index (κ1) is 12.4. The highest BCUT2D eigenvalue weighted by Gasteiger charge is 2.16. The molecule has 0 spiro atoms. The van der Waals surface area contributed by atoms with E-state index in [0.29, 0.717) is 12.1 Å². The number of para-hydroxylation sites is 1. The first-order valence-electron chi connectivity index (χ1n) is 6.38. The van der Waals surface area contributed by atoms with E-state index in [1.807, 2.05) is 41.9 Å². The summed E-state index contributed by atoms with van der Waals surface area (Å²) < 4.78 is 2.03. The van der Waals surface area contributed by atoms with Gasteiger partial charge in [0.1, 0.15) is 6.07 Å². The molecule has 2 aromatic heterocycles. The lowest BCUT2D eigenvalue weighted by atomic mass is 10.1. The van der Waals surface area contributed by atoms with Gasteiger partial charge in [0.15, 0.2) is 0 Å². The van der Waals surface area contributed by atoms with E-state index in [-0.39, 0.29) is 0 Å². The monoisotopic (exact) mass is 262 g/mol. The van der Waals surface area contributed by atoms with E-state index >= 15 is 0 Å². The van der Waals surface area contributed by atoms with Gasteiger partial charge in [0.2, 0.25) is 0 Å². The summed E-state index contributed by atoms with van der Waals surface area (Å²) in [6, 6.07) is 12.2. The van der Waals surface area contributed by atoms with E-state index in [4.69, 9.17) is 5.73 Å². The number of nitrogens with two attached hydrogens (primary N) is 1. The summed E-state index contributed by atoms with van der Waals surface area (Å²) in [4.78, 5) is 4.22. The van der Waals surface area contributed by atoms with Gasteiger partial charge in [0.05, 0.1) is 11.3 Å². The number of aromatic nitrogens is 2. The lowest BCUT2D eigenvalue weighted by Crippen LogP contribution is -1.99. The quantitative estimate of drug-likeness (QED) is 0.771. The van der Waals surface area contributed by atoms with Crippen molar-refractivity contribution >= 4 is 10.9 Å². The second-order valence-electron chi connectivity index (χ2n) is 4.70. The predicted octanol–water partition coefficient (Wildman–Crippen LogP) is 2.57. The van der Waals surface area contributed by atoms with Crippen LogP contribution in [-0.2, 0) is 13.6 Å². The van der Waals surface area contributed by atoms with Gasteiger partial charge < -0.3 is 10.3 Å². The Bertz CT molecular complexity index is 824. The van der Waals surface area contributed by atoms with Crippen LogP contribution in [0, 0.1) is 11.3 Å². The fraction of sp³-hybridized carbons (Fsp3) is 0.125. The molecule has 2 N–H and O–H groups in total. The number of hydrogen-bond acceptors (Lipinski definition) is 3. The average Bonchev–Trinajstić information content (AvgIpc) is 2.80. The molecular formula is C16H14N4. The Balaban J connectivity index is 2.36. The van der Waals surface area contributed by atoms with Crippen molar-refractivity contribution in [2.75, 3.05) is 0 Å². The summed E-state index contributed by atoms with van der Waals surface area (Å²) in [5.74, 6) is 0. The van der Waals surface area contributed by atoms with Gasteiger partial charge in [0.25, 0.3) is 0 Å². The third-order valence-electron chi connectivity index (χ3n) is 3.52. The fourth-order valence-corrected chi connectivity index (χ4v) is 2.57. The minimum Gasteiger partial charge on any atom is -0.342 e. The molecule has 0 saturated carbocycles. The minimum atomic E-state index is 0.437. The second kappa shape index (κ2) is 4.80. The maximum atomic E-state index is 9.51. The summed E-state index contributed by atoms with van der Waals surface area (Å²) in [6.45, 7) is 0.437. The van der Waals surface area contributed by atoms with Gasteiger partial charge in [-0.05, 0) is 17.7 Å². The number of fused-ring (bicyclic) bond motifs is 1. The lowest BCUT2D eigenvalue weighted by molar-refractivity contribution is 0.971. The molecule has 2 heterocycles. The number of nitriles is 1. The molecule has 1 aromatic carbocycles. The first-order valence-corrected chi connectivity index (χ1v) is 6.38. The average molecular weight is 262 g/mol. The highest BCUT2D eigenvalue weighted by atomic mass is 15.0. The summed E-state index contributed by atoms with van der Waals surface area (Å²) >= 11 is 0. The molecule has 20 heavy (non-hydrogen) atoms. The normalized spacial score (nSPS) is 10.7. The van der Waals surface area contributed by atoms with Crippen molar-refractivity contribution in [2.45, 2.75) is 6.54 Å². The molecular weight excluding hydrogens is 248 g/mol. The Labute approximate surface area is 117 Å². The number of rotatable bonds is 2. The van der Waals surface area contributed by atoms with E-state index < -0.39 is 0 Å². The van der Waals surface area contributed by atoms with Crippen LogP contribution >= 0.6 is 0 Å². The van der Waals surface area contributed by atoms with E-state index in [1.54, 1.807) is 12.4 Å². The van der Waals surface area contributed by atoms with Gasteiger partial charge in [-0.2, -0.15) is 5.26 Å². The highest BCUT2D eigenvalue weighted by molar-refractivity contribution is 5.94. The van der Waals surface area contributed by atoms with Crippen molar-refractivity contribution in [3.63, 3.8) is 0 Å². The lowest BCUT2D eigenvalue weighted by Gasteiger charge is -2.06. The predicted molar refractivity (Wildman–Crippen MR) is 78.8 cm³/mol. The number of pyridine rings is 1. The molecule has 3 aromatic rings. The van der Waals surface area contributed by atoms with Crippen molar-refractivity contribution in [1.29, 1.82) is 5.26 Å². The van der Waals surface area contributed by atoms with Crippen LogP contribution in [0.15, 0.2) is 42.7 Å². The molecule has 0 aliphatic rings. The molecule has 0 saturated heterocycles. The maximum Gasteiger partial charge on any atom is 0.102 e. The zero-order valence-corrected chi connectivity index (χ0v) is 11.2. The maximum absolute atomic E-state index is 9.51. The van der Waals surface area contributed by atoms with Gasteiger partial charge in [-0.15, -0.1) is 0 Å². The van der Waals surface area contributed by atoms with Crippen molar-refractivity contribution < 1.29 is 0 Å². The van der Waals surface area contributed by atoms with Crippen molar-refractivity contribution in [1.82, 2.24) is 9.55 Å². The molecule has 0 bridgehead atoms. The molecule has 3 rings (SSSR count). The van der Waals surface area contributed by atoms with E-state index in [0.717, 1.165) is 27.7 Å². The molecule has 0 fully saturated rings. The highest BCUT2D eigenvalue weighted by Crippen LogP contribution is 2.32. The molecule has 0 atom stereocenters. The molecule has 0 amide bonds. The Morgan fingerprint density at radius 2 is 2.10 bits per heavy atom. The van der Waals surface area contributed by atoms with Crippen LogP contribution < -0.4 is 5.73 Å². The van der Waals surface area contributed by atoms with E-state index in [2.05, 4.69) is 11.1 Å². The van der Waals surface area contributed by atoms with E-state index in [1.165, 1.54) is 0 Å².